The van der Waals surface area contributed by atoms with Gasteiger partial charge in [0.1, 0.15) is 11.9 Å². The van der Waals surface area contributed by atoms with Crippen LogP contribution < -0.4 is 10.1 Å². The van der Waals surface area contributed by atoms with Crippen molar-refractivity contribution >= 4 is 0 Å². The van der Waals surface area contributed by atoms with Gasteiger partial charge in [0.25, 0.3) is 0 Å². The zero-order chi connectivity index (χ0) is 14.5. The highest BCUT2D eigenvalue weighted by molar-refractivity contribution is 5.37. The third-order valence-electron chi connectivity index (χ3n) is 4.33. The van der Waals surface area contributed by atoms with Crippen LogP contribution in [0.2, 0.25) is 0 Å². The molecule has 1 fully saturated rings. The molecule has 3 heteroatoms. The predicted molar refractivity (Wildman–Crippen MR) is 82.2 cm³/mol. The van der Waals surface area contributed by atoms with E-state index in [1.165, 1.54) is 12.0 Å². The molecule has 1 aliphatic rings. The maximum atomic E-state index is 10.1. The second kappa shape index (κ2) is 7.09. The predicted octanol–water partition coefficient (Wildman–Crippen LogP) is 3.35. The number of aliphatic hydroxyl groups is 1. The van der Waals surface area contributed by atoms with E-state index in [0.29, 0.717) is 6.04 Å². The summed E-state index contributed by atoms with van der Waals surface area (Å²) < 4.78 is 6.08. The summed E-state index contributed by atoms with van der Waals surface area (Å²) in [5, 5.41) is 13.4. The number of aryl methyl sites for hydroxylation is 1. The van der Waals surface area contributed by atoms with Gasteiger partial charge in [0.05, 0.1) is 6.10 Å². The largest absolute Gasteiger partial charge is 0.487 e. The molecule has 3 nitrogen and oxygen atoms in total. The smallest absolute Gasteiger partial charge is 0.124 e. The van der Waals surface area contributed by atoms with E-state index in [1.807, 2.05) is 13.1 Å². The third kappa shape index (κ3) is 3.74. The number of hydrogen-bond acceptors (Lipinski definition) is 3. The molecule has 0 amide bonds. The van der Waals surface area contributed by atoms with E-state index in [9.17, 15) is 5.11 Å². The van der Waals surface area contributed by atoms with E-state index in [-0.39, 0.29) is 12.2 Å². The third-order valence-corrected chi connectivity index (χ3v) is 4.33. The fourth-order valence-corrected chi connectivity index (χ4v) is 2.80. The van der Waals surface area contributed by atoms with E-state index in [4.69, 9.17) is 4.74 Å². The number of rotatable bonds is 4. The fourth-order valence-electron chi connectivity index (χ4n) is 2.80. The molecule has 0 heterocycles. The Bertz CT molecular complexity index is 433. The van der Waals surface area contributed by atoms with Crippen molar-refractivity contribution in [3.63, 3.8) is 0 Å². The molecule has 0 saturated heterocycles. The lowest BCUT2D eigenvalue weighted by Crippen LogP contribution is -2.30. The van der Waals surface area contributed by atoms with Crippen LogP contribution in [-0.2, 0) is 0 Å². The molecule has 3 atom stereocenters. The van der Waals surface area contributed by atoms with Gasteiger partial charge in [-0.25, -0.2) is 0 Å². The van der Waals surface area contributed by atoms with Crippen LogP contribution in [0.15, 0.2) is 18.2 Å². The van der Waals surface area contributed by atoms with E-state index >= 15 is 0 Å². The van der Waals surface area contributed by atoms with Crippen molar-refractivity contribution in [1.29, 1.82) is 0 Å². The van der Waals surface area contributed by atoms with Crippen molar-refractivity contribution in [1.82, 2.24) is 5.32 Å². The maximum absolute atomic E-state index is 10.1. The summed E-state index contributed by atoms with van der Waals surface area (Å²) in [5.41, 5.74) is 2.40. The van der Waals surface area contributed by atoms with Crippen molar-refractivity contribution in [2.45, 2.75) is 64.2 Å². The molecule has 1 aliphatic carbocycles. The van der Waals surface area contributed by atoms with Crippen LogP contribution in [0.5, 0.6) is 5.75 Å². The van der Waals surface area contributed by atoms with Crippen molar-refractivity contribution in [2.24, 2.45) is 0 Å². The van der Waals surface area contributed by atoms with Crippen LogP contribution in [0.4, 0.5) is 0 Å². The first-order valence-electron chi connectivity index (χ1n) is 7.74. The average molecular weight is 277 g/mol. The lowest BCUT2D eigenvalue weighted by molar-refractivity contribution is 0.0316. The Kier molecular flexibility index (Phi) is 5.44. The van der Waals surface area contributed by atoms with E-state index < -0.39 is 0 Å². The Morgan fingerprint density at radius 3 is 2.70 bits per heavy atom. The SMILES string of the molecule is CNC(C)c1ccc(OC2CCCCCC2O)c(C)c1. The summed E-state index contributed by atoms with van der Waals surface area (Å²) in [6.45, 7) is 4.22. The second-order valence-electron chi connectivity index (χ2n) is 5.90. The minimum Gasteiger partial charge on any atom is -0.487 e. The molecule has 3 unspecified atom stereocenters. The molecule has 0 aromatic heterocycles. The number of nitrogens with one attached hydrogen (secondary N) is 1. The Balaban J connectivity index is 2.08. The minimum absolute atomic E-state index is 0.0521. The summed E-state index contributed by atoms with van der Waals surface area (Å²) in [6.07, 6.45) is 4.90. The van der Waals surface area contributed by atoms with Gasteiger partial charge in [0.2, 0.25) is 0 Å². The average Bonchev–Trinajstić information content (AvgIpc) is 2.65. The lowest BCUT2D eigenvalue weighted by atomic mass is 10.0. The van der Waals surface area contributed by atoms with Gasteiger partial charge < -0.3 is 15.2 Å². The molecule has 1 saturated carbocycles. The quantitative estimate of drug-likeness (QED) is 0.829. The van der Waals surface area contributed by atoms with Crippen LogP contribution in [0.1, 0.15) is 56.2 Å². The van der Waals surface area contributed by atoms with Gasteiger partial charge in [-0.05, 0) is 57.4 Å². The normalized spacial score (nSPS) is 25.0. The summed E-state index contributed by atoms with van der Waals surface area (Å²) in [5.74, 6) is 0.906. The Labute approximate surface area is 122 Å². The Morgan fingerprint density at radius 1 is 1.25 bits per heavy atom. The summed E-state index contributed by atoms with van der Waals surface area (Å²) >= 11 is 0. The van der Waals surface area contributed by atoms with Gasteiger partial charge in [-0.2, -0.15) is 0 Å². The monoisotopic (exact) mass is 277 g/mol. The van der Waals surface area contributed by atoms with Crippen LogP contribution in [0, 0.1) is 6.92 Å². The topological polar surface area (TPSA) is 41.5 Å². The first-order valence-corrected chi connectivity index (χ1v) is 7.74. The molecule has 20 heavy (non-hydrogen) atoms. The molecule has 2 N–H and O–H groups in total. The van der Waals surface area contributed by atoms with E-state index in [2.05, 4.69) is 31.3 Å². The molecular formula is C17H27NO2. The van der Waals surface area contributed by atoms with Crippen molar-refractivity contribution < 1.29 is 9.84 Å². The van der Waals surface area contributed by atoms with Gasteiger partial charge in [-0.3, -0.25) is 0 Å². The van der Waals surface area contributed by atoms with Gasteiger partial charge in [0.15, 0.2) is 0 Å². The first kappa shape index (κ1) is 15.3. The molecule has 0 aliphatic heterocycles. The number of benzene rings is 1. The maximum Gasteiger partial charge on any atom is 0.124 e. The molecule has 0 bridgehead atoms. The highest BCUT2D eigenvalue weighted by Gasteiger charge is 2.23. The zero-order valence-electron chi connectivity index (χ0n) is 12.9. The first-order chi connectivity index (χ1) is 9.61. The standard InChI is InChI=1S/C17H27NO2/c1-12-11-14(13(2)18-3)9-10-16(12)20-17-8-6-4-5-7-15(17)19/h9-11,13,15,17-19H,4-8H2,1-3H3. The van der Waals surface area contributed by atoms with Gasteiger partial charge in [-0.1, -0.05) is 25.0 Å². The van der Waals surface area contributed by atoms with Crippen molar-refractivity contribution in [3.8, 4) is 5.75 Å². The van der Waals surface area contributed by atoms with Crippen LogP contribution >= 0.6 is 0 Å². The van der Waals surface area contributed by atoms with Crippen molar-refractivity contribution in [3.05, 3.63) is 29.3 Å². The Morgan fingerprint density at radius 2 is 2.00 bits per heavy atom. The molecule has 0 spiro atoms. The number of hydrogen-bond donors (Lipinski definition) is 2. The molecule has 2 rings (SSSR count). The molecule has 0 radical (unpaired) electrons. The highest BCUT2D eigenvalue weighted by atomic mass is 16.5. The zero-order valence-corrected chi connectivity index (χ0v) is 12.9. The summed E-state index contributed by atoms with van der Waals surface area (Å²) in [7, 11) is 1.96. The number of aliphatic hydroxyl groups excluding tert-OH is 1. The molecule has 1 aromatic rings. The van der Waals surface area contributed by atoms with Gasteiger partial charge >= 0.3 is 0 Å². The van der Waals surface area contributed by atoms with Crippen LogP contribution in [-0.4, -0.2) is 24.4 Å². The fraction of sp³-hybridized carbons (Fsp3) is 0.647. The second-order valence-corrected chi connectivity index (χ2v) is 5.90. The highest BCUT2D eigenvalue weighted by Crippen LogP contribution is 2.27. The lowest BCUT2D eigenvalue weighted by Gasteiger charge is -2.23. The van der Waals surface area contributed by atoms with E-state index in [0.717, 1.165) is 37.0 Å². The van der Waals surface area contributed by atoms with E-state index in [1.54, 1.807) is 0 Å². The van der Waals surface area contributed by atoms with Crippen molar-refractivity contribution in [2.75, 3.05) is 7.05 Å². The van der Waals surface area contributed by atoms with Crippen LogP contribution in [0.25, 0.3) is 0 Å². The van der Waals surface area contributed by atoms with Gasteiger partial charge in [-0.15, -0.1) is 0 Å². The summed E-state index contributed by atoms with van der Waals surface area (Å²) in [6, 6.07) is 6.65. The molecule has 1 aromatic carbocycles. The van der Waals surface area contributed by atoms with Crippen LogP contribution in [0.3, 0.4) is 0 Å². The van der Waals surface area contributed by atoms with Gasteiger partial charge in [0, 0.05) is 6.04 Å². The molecular weight excluding hydrogens is 250 g/mol. The summed E-state index contributed by atoms with van der Waals surface area (Å²) in [4.78, 5) is 0. The minimum atomic E-state index is -0.326. The number of ether oxygens (including phenoxy) is 1. The molecule has 112 valence electrons. The Hall–Kier alpha value is -1.06.